The second kappa shape index (κ2) is 7.23. The first-order chi connectivity index (χ1) is 10.2. The van der Waals surface area contributed by atoms with Crippen LogP contribution in [0.2, 0.25) is 0 Å². The third kappa shape index (κ3) is 4.45. The lowest BCUT2D eigenvalue weighted by Crippen LogP contribution is -2.35. The molecule has 0 radical (unpaired) electrons. The lowest BCUT2D eigenvalue weighted by atomic mass is 10.2. The number of rotatable bonds is 6. The van der Waals surface area contributed by atoms with E-state index in [-0.39, 0.29) is 18.4 Å². The molecule has 0 aliphatic carbocycles. The lowest BCUT2D eigenvalue weighted by molar-refractivity contribution is -0.125. The van der Waals surface area contributed by atoms with Crippen molar-refractivity contribution in [3.63, 3.8) is 0 Å². The van der Waals surface area contributed by atoms with Gasteiger partial charge >= 0.3 is 0 Å². The smallest absolute Gasteiger partial charge is 0.239 e. The molecule has 0 unspecified atom stereocenters. The molecule has 0 fully saturated rings. The van der Waals surface area contributed by atoms with Crippen LogP contribution in [0.4, 0.5) is 0 Å². The highest BCUT2D eigenvalue weighted by atomic mass is 16.2. The SMILES string of the molecule is CNC(=O)CNC(=O)CCc1cnn(-c2ccccc2)c1. The van der Waals surface area contributed by atoms with Gasteiger partial charge < -0.3 is 10.6 Å². The summed E-state index contributed by atoms with van der Waals surface area (Å²) in [5.41, 5.74) is 1.96. The number of carbonyl (C=O) groups is 2. The fourth-order valence-electron chi connectivity index (χ4n) is 1.82. The Balaban J connectivity index is 1.83. The van der Waals surface area contributed by atoms with Gasteiger partial charge in [0.25, 0.3) is 0 Å². The molecule has 21 heavy (non-hydrogen) atoms. The Kier molecular flexibility index (Phi) is 5.09. The van der Waals surface area contributed by atoms with Crippen molar-refractivity contribution in [3.05, 3.63) is 48.3 Å². The first kappa shape index (κ1) is 14.8. The molecular formula is C15H18N4O2. The minimum Gasteiger partial charge on any atom is -0.358 e. The number of hydrogen-bond acceptors (Lipinski definition) is 3. The topological polar surface area (TPSA) is 76.0 Å². The molecule has 2 aromatic rings. The highest BCUT2D eigenvalue weighted by Crippen LogP contribution is 2.08. The second-order valence-corrected chi connectivity index (χ2v) is 4.58. The molecule has 6 nitrogen and oxygen atoms in total. The summed E-state index contributed by atoms with van der Waals surface area (Å²) in [6, 6.07) is 9.77. The summed E-state index contributed by atoms with van der Waals surface area (Å²) in [5, 5.41) is 9.29. The summed E-state index contributed by atoms with van der Waals surface area (Å²) < 4.78 is 1.78. The predicted octanol–water partition coefficient (Wildman–Crippen LogP) is 0.667. The summed E-state index contributed by atoms with van der Waals surface area (Å²) in [5.74, 6) is -0.355. The van der Waals surface area contributed by atoms with Crippen LogP contribution < -0.4 is 10.6 Å². The van der Waals surface area contributed by atoms with Gasteiger partial charge in [0.1, 0.15) is 0 Å². The van der Waals surface area contributed by atoms with Gasteiger partial charge in [-0.15, -0.1) is 0 Å². The molecule has 2 rings (SSSR count). The van der Waals surface area contributed by atoms with Crippen LogP contribution in [0.25, 0.3) is 5.69 Å². The summed E-state index contributed by atoms with van der Waals surface area (Å²) in [6.07, 6.45) is 4.57. The molecule has 2 N–H and O–H groups in total. The van der Waals surface area contributed by atoms with Crippen LogP contribution in [0.15, 0.2) is 42.7 Å². The Morgan fingerprint density at radius 2 is 1.95 bits per heavy atom. The van der Waals surface area contributed by atoms with Crippen LogP contribution >= 0.6 is 0 Å². The largest absolute Gasteiger partial charge is 0.358 e. The first-order valence-electron chi connectivity index (χ1n) is 6.75. The average Bonchev–Trinajstić information content (AvgIpc) is 3.00. The van der Waals surface area contributed by atoms with Crippen molar-refractivity contribution in [1.29, 1.82) is 0 Å². The molecule has 0 aliphatic heterocycles. The molecule has 2 amide bonds. The van der Waals surface area contributed by atoms with Crippen LogP contribution in [-0.4, -0.2) is 35.2 Å². The standard InChI is InChI=1S/C15H18N4O2/c1-16-15(21)10-17-14(20)8-7-12-9-18-19(11-12)13-5-3-2-4-6-13/h2-6,9,11H,7-8,10H2,1H3,(H,16,21)(H,17,20). The number of nitrogens with one attached hydrogen (secondary N) is 2. The fourth-order valence-corrected chi connectivity index (χ4v) is 1.82. The van der Waals surface area contributed by atoms with Crippen molar-refractivity contribution in [1.82, 2.24) is 20.4 Å². The summed E-state index contributed by atoms with van der Waals surface area (Å²) in [6.45, 7) is 0.0125. The Morgan fingerprint density at radius 3 is 2.67 bits per heavy atom. The Morgan fingerprint density at radius 1 is 1.19 bits per heavy atom. The van der Waals surface area contributed by atoms with Gasteiger partial charge in [0.15, 0.2) is 0 Å². The van der Waals surface area contributed by atoms with E-state index < -0.39 is 0 Å². The number of hydrogen-bond donors (Lipinski definition) is 2. The van der Waals surface area contributed by atoms with Crippen molar-refractivity contribution >= 4 is 11.8 Å². The molecule has 0 spiro atoms. The van der Waals surface area contributed by atoms with E-state index in [1.165, 1.54) is 7.05 Å². The van der Waals surface area contributed by atoms with E-state index in [0.717, 1.165) is 11.3 Å². The molecule has 0 aliphatic rings. The van der Waals surface area contributed by atoms with Crippen LogP contribution in [0.1, 0.15) is 12.0 Å². The number of aromatic nitrogens is 2. The molecule has 1 aromatic heterocycles. The lowest BCUT2D eigenvalue weighted by Gasteiger charge is -2.03. The summed E-state index contributed by atoms with van der Waals surface area (Å²) in [4.78, 5) is 22.6. The molecule has 6 heteroatoms. The predicted molar refractivity (Wildman–Crippen MR) is 79.0 cm³/mol. The van der Waals surface area contributed by atoms with Crippen molar-refractivity contribution in [2.45, 2.75) is 12.8 Å². The maximum atomic E-state index is 11.6. The van der Waals surface area contributed by atoms with Gasteiger partial charge in [0.2, 0.25) is 11.8 Å². The normalized spacial score (nSPS) is 10.1. The maximum absolute atomic E-state index is 11.6. The van der Waals surface area contributed by atoms with Crippen LogP contribution in [0, 0.1) is 0 Å². The molecule has 0 saturated heterocycles. The van der Waals surface area contributed by atoms with Gasteiger partial charge in [-0.25, -0.2) is 4.68 Å². The first-order valence-corrected chi connectivity index (χ1v) is 6.75. The van der Waals surface area contributed by atoms with Gasteiger partial charge in [-0.05, 0) is 24.1 Å². The Bertz CT molecular complexity index is 607. The molecule has 1 aromatic carbocycles. The van der Waals surface area contributed by atoms with E-state index in [2.05, 4.69) is 15.7 Å². The highest BCUT2D eigenvalue weighted by Gasteiger charge is 2.06. The molecule has 110 valence electrons. The van der Waals surface area contributed by atoms with Crippen molar-refractivity contribution in [2.75, 3.05) is 13.6 Å². The zero-order chi connectivity index (χ0) is 15.1. The number of nitrogens with zero attached hydrogens (tertiary/aromatic N) is 2. The number of para-hydroxylation sites is 1. The summed E-state index contributed by atoms with van der Waals surface area (Å²) in [7, 11) is 1.53. The third-order valence-electron chi connectivity index (χ3n) is 3.02. The quantitative estimate of drug-likeness (QED) is 0.819. The molecular weight excluding hydrogens is 268 g/mol. The van der Waals surface area contributed by atoms with Crippen LogP contribution in [0.5, 0.6) is 0 Å². The number of likely N-dealkylation sites (N-methyl/N-ethyl adjacent to an activating group) is 1. The van der Waals surface area contributed by atoms with Gasteiger partial charge in [-0.3, -0.25) is 9.59 Å². The van der Waals surface area contributed by atoms with E-state index in [9.17, 15) is 9.59 Å². The highest BCUT2D eigenvalue weighted by molar-refractivity contribution is 5.84. The van der Waals surface area contributed by atoms with Crippen molar-refractivity contribution in [3.8, 4) is 5.69 Å². The van der Waals surface area contributed by atoms with Crippen molar-refractivity contribution in [2.24, 2.45) is 0 Å². The third-order valence-corrected chi connectivity index (χ3v) is 3.02. The van der Waals surface area contributed by atoms with Gasteiger partial charge in [0, 0.05) is 19.7 Å². The van der Waals surface area contributed by atoms with Gasteiger partial charge in [-0.1, -0.05) is 18.2 Å². The average molecular weight is 286 g/mol. The maximum Gasteiger partial charge on any atom is 0.239 e. The van der Waals surface area contributed by atoms with E-state index in [0.29, 0.717) is 12.8 Å². The number of amides is 2. The van der Waals surface area contributed by atoms with E-state index in [4.69, 9.17) is 0 Å². The van der Waals surface area contributed by atoms with Crippen LogP contribution in [-0.2, 0) is 16.0 Å². The van der Waals surface area contributed by atoms with Gasteiger partial charge in [0.05, 0.1) is 18.4 Å². The molecule has 0 atom stereocenters. The zero-order valence-electron chi connectivity index (χ0n) is 11.9. The summed E-state index contributed by atoms with van der Waals surface area (Å²) >= 11 is 0. The monoisotopic (exact) mass is 286 g/mol. The minimum atomic E-state index is -0.208. The Labute approximate surface area is 123 Å². The number of benzene rings is 1. The molecule has 0 bridgehead atoms. The van der Waals surface area contributed by atoms with E-state index >= 15 is 0 Å². The fraction of sp³-hybridized carbons (Fsp3) is 0.267. The second-order valence-electron chi connectivity index (χ2n) is 4.58. The van der Waals surface area contributed by atoms with Crippen molar-refractivity contribution < 1.29 is 9.59 Å². The molecule has 0 saturated carbocycles. The number of aryl methyl sites for hydroxylation is 1. The minimum absolute atomic E-state index is 0.0125. The van der Waals surface area contributed by atoms with Crippen LogP contribution in [0.3, 0.4) is 0 Å². The van der Waals surface area contributed by atoms with Gasteiger partial charge in [-0.2, -0.15) is 5.10 Å². The van der Waals surface area contributed by atoms with E-state index in [1.54, 1.807) is 10.9 Å². The molecule has 1 heterocycles. The Hall–Kier alpha value is -2.63. The van der Waals surface area contributed by atoms with E-state index in [1.807, 2.05) is 36.5 Å². The number of carbonyl (C=O) groups excluding carboxylic acids is 2. The zero-order valence-corrected chi connectivity index (χ0v) is 11.9.